The van der Waals surface area contributed by atoms with Gasteiger partial charge in [0.15, 0.2) is 0 Å². The third kappa shape index (κ3) is 2.55. The van der Waals surface area contributed by atoms with Crippen molar-refractivity contribution < 1.29 is 0 Å². The van der Waals surface area contributed by atoms with Gasteiger partial charge in [0, 0.05) is 32.4 Å². The van der Waals surface area contributed by atoms with Crippen LogP contribution in [0, 0.1) is 0 Å². The van der Waals surface area contributed by atoms with E-state index >= 15 is 0 Å². The van der Waals surface area contributed by atoms with Crippen LogP contribution >= 0.6 is 0 Å². The summed E-state index contributed by atoms with van der Waals surface area (Å²) in [4.78, 5) is 4.28. The highest BCUT2D eigenvalue weighted by atomic mass is 15.3. The van der Waals surface area contributed by atoms with Crippen molar-refractivity contribution in [2.45, 2.75) is 25.8 Å². The lowest BCUT2D eigenvalue weighted by atomic mass is 10.1. The molecule has 2 aromatic rings. The van der Waals surface area contributed by atoms with Crippen LogP contribution in [0.5, 0.6) is 0 Å². The van der Waals surface area contributed by atoms with E-state index < -0.39 is 0 Å². The van der Waals surface area contributed by atoms with Gasteiger partial charge in [-0.1, -0.05) is 6.92 Å². The molecule has 17 heavy (non-hydrogen) atoms. The van der Waals surface area contributed by atoms with E-state index in [-0.39, 0.29) is 6.04 Å². The van der Waals surface area contributed by atoms with Crippen LogP contribution in [0.15, 0.2) is 18.6 Å². The van der Waals surface area contributed by atoms with Crippen molar-refractivity contribution in [3.8, 4) is 0 Å². The van der Waals surface area contributed by atoms with Gasteiger partial charge < -0.3 is 10.3 Å². The van der Waals surface area contributed by atoms with E-state index in [9.17, 15) is 0 Å². The number of aryl methyl sites for hydroxylation is 3. The largest absolute Gasteiger partial charge is 0.340 e. The Morgan fingerprint density at radius 1 is 1.41 bits per heavy atom. The lowest BCUT2D eigenvalue weighted by Gasteiger charge is -2.08. The Morgan fingerprint density at radius 2 is 2.18 bits per heavy atom. The Balaban J connectivity index is 2.12. The average Bonchev–Trinajstić information content (AvgIpc) is 2.86. The summed E-state index contributed by atoms with van der Waals surface area (Å²) in [5.41, 5.74) is 9.33. The quantitative estimate of drug-likeness (QED) is 0.855. The maximum atomic E-state index is 6.14. The highest BCUT2D eigenvalue weighted by Crippen LogP contribution is 2.14. The zero-order valence-corrected chi connectivity index (χ0v) is 10.6. The Morgan fingerprint density at radius 3 is 2.71 bits per heavy atom. The van der Waals surface area contributed by atoms with E-state index in [0.29, 0.717) is 0 Å². The van der Waals surface area contributed by atoms with Gasteiger partial charge in [0.2, 0.25) is 0 Å². The first-order chi connectivity index (χ1) is 8.10. The van der Waals surface area contributed by atoms with Crippen LogP contribution < -0.4 is 5.73 Å². The molecule has 0 saturated carbocycles. The monoisotopic (exact) mass is 233 g/mol. The summed E-state index contributed by atoms with van der Waals surface area (Å²) >= 11 is 0. The number of aromatic nitrogens is 4. The van der Waals surface area contributed by atoms with E-state index in [2.05, 4.69) is 23.1 Å². The molecule has 2 heterocycles. The molecular weight excluding hydrogens is 214 g/mol. The van der Waals surface area contributed by atoms with Crippen LogP contribution in [-0.4, -0.2) is 19.3 Å². The molecule has 1 atom stereocenters. The zero-order valence-electron chi connectivity index (χ0n) is 10.6. The van der Waals surface area contributed by atoms with Crippen molar-refractivity contribution in [2.75, 3.05) is 0 Å². The van der Waals surface area contributed by atoms with Crippen LogP contribution in [-0.2, 0) is 26.9 Å². The second-order valence-corrected chi connectivity index (χ2v) is 4.38. The van der Waals surface area contributed by atoms with Crippen molar-refractivity contribution in [1.82, 2.24) is 19.3 Å². The molecule has 5 heteroatoms. The van der Waals surface area contributed by atoms with Crippen LogP contribution in [0.2, 0.25) is 0 Å². The van der Waals surface area contributed by atoms with E-state index in [1.165, 1.54) is 0 Å². The molecule has 0 spiro atoms. The number of rotatable bonds is 4. The standard InChI is InChI=1S/C12H19N5/c1-4-9-5-10(17(3)15-9)6-11(13)12-7-16(2)8-14-12/h5,7-8,11H,4,6,13H2,1-3H3. The number of imidazole rings is 1. The Kier molecular flexibility index (Phi) is 3.28. The number of hydrogen-bond donors (Lipinski definition) is 1. The highest BCUT2D eigenvalue weighted by Gasteiger charge is 2.13. The summed E-state index contributed by atoms with van der Waals surface area (Å²) in [5, 5.41) is 4.42. The summed E-state index contributed by atoms with van der Waals surface area (Å²) < 4.78 is 3.82. The topological polar surface area (TPSA) is 61.7 Å². The van der Waals surface area contributed by atoms with Crippen LogP contribution in [0.4, 0.5) is 0 Å². The van der Waals surface area contributed by atoms with Gasteiger partial charge in [-0.3, -0.25) is 4.68 Å². The molecule has 0 aliphatic heterocycles. The van der Waals surface area contributed by atoms with Gasteiger partial charge in [-0.25, -0.2) is 4.98 Å². The predicted octanol–water partition coefficient (Wildman–Crippen LogP) is 0.958. The SMILES string of the molecule is CCc1cc(CC(N)c2cn(C)cn2)n(C)n1. The lowest BCUT2D eigenvalue weighted by molar-refractivity contribution is 0.629. The van der Waals surface area contributed by atoms with Gasteiger partial charge in [-0.05, 0) is 12.5 Å². The Labute approximate surface area is 101 Å². The minimum absolute atomic E-state index is 0.0729. The van der Waals surface area contributed by atoms with Gasteiger partial charge >= 0.3 is 0 Å². The fraction of sp³-hybridized carbons (Fsp3) is 0.500. The van der Waals surface area contributed by atoms with Gasteiger partial charge in [-0.2, -0.15) is 5.10 Å². The predicted molar refractivity (Wildman–Crippen MR) is 66.4 cm³/mol. The zero-order chi connectivity index (χ0) is 12.4. The van der Waals surface area contributed by atoms with Crippen molar-refractivity contribution in [1.29, 1.82) is 0 Å². The summed E-state index contributed by atoms with van der Waals surface area (Å²) in [6.45, 7) is 2.10. The van der Waals surface area contributed by atoms with Crippen LogP contribution in [0.25, 0.3) is 0 Å². The fourth-order valence-electron chi connectivity index (χ4n) is 1.89. The van der Waals surface area contributed by atoms with E-state index in [4.69, 9.17) is 5.73 Å². The molecule has 2 aromatic heterocycles. The molecule has 0 fully saturated rings. The van der Waals surface area contributed by atoms with E-state index in [0.717, 1.165) is 29.9 Å². The van der Waals surface area contributed by atoms with Gasteiger partial charge in [0.05, 0.1) is 23.8 Å². The molecule has 0 saturated heterocycles. The second-order valence-electron chi connectivity index (χ2n) is 4.38. The van der Waals surface area contributed by atoms with Crippen molar-refractivity contribution >= 4 is 0 Å². The summed E-state index contributed by atoms with van der Waals surface area (Å²) in [6.07, 6.45) is 5.45. The molecule has 92 valence electrons. The first kappa shape index (κ1) is 11.9. The minimum Gasteiger partial charge on any atom is -0.340 e. The molecule has 5 nitrogen and oxygen atoms in total. The lowest BCUT2D eigenvalue weighted by Crippen LogP contribution is -2.15. The molecule has 0 aliphatic carbocycles. The molecule has 0 aromatic carbocycles. The van der Waals surface area contributed by atoms with E-state index in [1.54, 1.807) is 6.33 Å². The molecule has 0 aliphatic rings. The molecular formula is C12H19N5. The van der Waals surface area contributed by atoms with E-state index in [1.807, 2.05) is 29.5 Å². The normalized spacial score (nSPS) is 12.9. The molecule has 2 N–H and O–H groups in total. The molecule has 1 unspecified atom stereocenters. The second kappa shape index (κ2) is 4.71. The summed E-state index contributed by atoms with van der Waals surface area (Å²) in [5.74, 6) is 0. The van der Waals surface area contributed by atoms with Crippen molar-refractivity contribution in [3.05, 3.63) is 35.7 Å². The Hall–Kier alpha value is -1.62. The van der Waals surface area contributed by atoms with Crippen molar-refractivity contribution in [3.63, 3.8) is 0 Å². The van der Waals surface area contributed by atoms with Gasteiger partial charge in [0.1, 0.15) is 0 Å². The molecule has 0 amide bonds. The summed E-state index contributed by atoms with van der Waals surface area (Å²) in [7, 11) is 3.90. The van der Waals surface area contributed by atoms with Gasteiger partial charge in [-0.15, -0.1) is 0 Å². The molecule has 2 rings (SSSR count). The number of nitrogens with two attached hydrogens (primary N) is 1. The maximum absolute atomic E-state index is 6.14. The van der Waals surface area contributed by atoms with Gasteiger partial charge in [0.25, 0.3) is 0 Å². The molecule has 0 radical (unpaired) electrons. The average molecular weight is 233 g/mol. The van der Waals surface area contributed by atoms with Crippen molar-refractivity contribution in [2.24, 2.45) is 19.8 Å². The summed E-state index contributed by atoms with van der Waals surface area (Å²) in [6, 6.07) is 2.04. The number of hydrogen-bond acceptors (Lipinski definition) is 3. The van der Waals surface area contributed by atoms with Crippen LogP contribution in [0.1, 0.15) is 30.0 Å². The highest BCUT2D eigenvalue weighted by molar-refractivity contribution is 5.14. The third-order valence-electron chi connectivity index (χ3n) is 2.92. The Bertz CT molecular complexity index is 497. The smallest absolute Gasteiger partial charge is 0.0947 e. The first-order valence-corrected chi connectivity index (χ1v) is 5.85. The third-order valence-corrected chi connectivity index (χ3v) is 2.92. The number of nitrogens with zero attached hydrogens (tertiary/aromatic N) is 4. The van der Waals surface area contributed by atoms with Crippen LogP contribution in [0.3, 0.4) is 0 Å². The first-order valence-electron chi connectivity index (χ1n) is 5.85. The minimum atomic E-state index is -0.0729. The maximum Gasteiger partial charge on any atom is 0.0947 e. The molecule has 0 bridgehead atoms. The fourth-order valence-corrected chi connectivity index (χ4v) is 1.89.